The van der Waals surface area contributed by atoms with E-state index < -0.39 is 0 Å². The highest BCUT2D eigenvalue weighted by Crippen LogP contribution is 2.11. The molecule has 0 spiro atoms. The van der Waals surface area contributed by atoms with Gasteiger partial charge >= 0.3 is 85.4 Å². The lowest BCUT2D eigenvalue weighted by Crippen LogP contribution is -2.99. The van der Waals surface area contributed by atoms with Gasteiger partial charge in [0.05, 0.1) is 0 Å². The quantitative estimate of drug-likeness (QED) is 0.116. The van der Waals surface area contributed by atoms with Crippen molar-refractivity contribution in [1.29, 1.82) is 0 Å². The van der Waals surface area contributed by atoms with Crippen LogP contribution in [0.3, 0.4) is 0 Å². The standard InChI is InChI=1S/C9H47B18N24/c1-11-32-12(2)35-22(34-11)50-24-37-14(4)38-25(47-24)51(23-36-13(3)33-16(28-6)41-23)27-46-19(42-20(29-7)49(27)9)40-17-39-18(45-26(50)44-17)43-21-31-10-30-15(5)48(21)8/h28-47H,1-9H3. The van der Waals surface area contributed by atoms with Gasteiger partial charge in [0, 0.05) is 0 Å². The first kappa shape index (κ1) is 39.4. The summed E-state index contributed by atoms with van der Waals surface area (Å²) >= 11 is 0. The summed E-state index contributed by atoms with van der Waals surface area (Å²) in [6.07, 6.45) is 0. The Kier molecular flexibility index (Phi) is 13.3. The highest BCUT2D eigenvalue weighted by molar-refractivity contribution is 7.05. The van der Waals surface area contributed by atoms with Crippen LogP contribution >= 0.6 is 0 Å². The van der Waals surface area contributed by atoms with Gasteiger partial charge in [-0.05, 0) is 28.2 Å². The Labute approximate surface area is 311 Å². The molecule has 0 aromatic carbocycles. The third-order valence-electron chi connectivity index (χ3n) is 10.6. The zero-order valence-corrected chi connectivity index (χ0v) is 31.2. The number of hydrogen-bond acceptors (Lipinski definition) is 24. The molecule has 42 heteroatoms. The van der Waals surface area contributed by atoms with Gasteiger partial charge in [-0.1, -0.05) is 34.1 Å². The van der Waals surface area contributed by atoms with E-state index in [-0.39, 0.29) is 120 Å². The molecule has 7 heterocycles. The monoisotopic (exact) mass is 690 g/mol. The molecule has 7 aliphatic rings. The van der Waals surface area contributed by atoms with Crippen LogP contribution in [0.2, 0.25) is 34.1 Å². The normalized spacial score (nSPS) is 25.8. The molecule has 0 aromatic rings. The molecule has 51 heavy (non-hydrogen) atoms. The van der Waals surface area contributed by atoms with Crippen LogP contribution in [-0.2, 0) is 0 Å². The van der Waals surface area contributed by atoms with Gasteiger partial charge in [-0.2, -0.15) is 0 Å². The maximum absolute atomic E-state index is 3.97. The Morgan fingerprint density at radius 1 is 0.451 bits per heavy atom. The molecule has 0 aromatic heterocycles. The van der Waals surface area contributed by atoms with E-state index in [0.717, 1.165) is 0 Å². The van der Waals surface area contributed by atoms with Crippen molar-refractivity contribution in [3.63, 3.8) is 0 Å². The Hall–Kier alpha value is 0.209. The van der Waals surface area contributed by atoms with Gasteiger partial charge in [-0.3, -0.25) is 0 Å². The van der Waals surface area contributed by atoms with Gasteiger partial charge in [-0.25, -0.2) is 0 Å². The molecule has 257 valence electrons. The summed E-state index contributed by atoms with van der Waals surface area (Å²) in [4.78, 5) is 0. The molecule has 7 aliphatic heterocycles. The second-order valence-corrected chi connectivity index (χ2v) is 14.4. The summed E-state index contributed by atoms with van der Waals surface area (Å²) < 4.78 is 9.20. The summed E-state index contributed by atoms with van der Waals surface area (Å²) in [5, 5.41) is 73.6. The van der Waals surface area contributed by atoms with E-state index in [4.69, 9.17) is 0 Å². The fourth-order valence-electron chi connectivity index (χ4n) is 7.88. The van der Waals surface area contributed by atoms with Gasteiger partial charge in [0.1, 0.15) is 0 Å². The van der Waals surface area contributed by atoms with Crippen LogP contribution in [-0.4, -0.2) is 175 Å². The summed E-state index contributed by atoms with van der Waals surface area (Å²) in [5.74, 6) is 0. The molecule has 6 bridgehead atoms. The highest BCUT2D eigenvalue weighted by atomic mass is 15.4. The van der Waals surface area contributed by atoms with Crippen molar-refractivity contribution in [3.05, 3.63) is 0 Å². The van der Waals surface area contributed by atoms with Crippen LogP contribution in [0.1, 0.15) is 0 Å². The Morgan fingerprint density at radius 3 is 1.71 bits per heavy atom. The number of fused-ring (bicyclic) bond motifs is 6. The van der Waals surface area contributed by atoms with Crippen molar-refractivity contribution in [1.82, 2.24) is 122 Å². The second kappa shape index (κ2) is 17.1. The fourth-order valence-corrected chi connectivity index (χ4v) is 7.88. The summed E-state index contributed by atoms with van der Waals surface area (Å²) in [6, 6.07) is 0. The van der Waals surface area contributed by atoms with E-state index in [0.29, 0.717) is 0 Å². The fraction of sp³-hybridized carbons (Fsp3) is 1.00. The van der Waals surface area contributed by atoms with Crippen LogP contribution in [0.15, 0.2) is 0 Å². The smallest absolute Gasteiger partial charge is 0.375 e. The number of rotatable bonds is 6. The molecule has 0 aliphatic carbocycles. The average Bonchev–Trinajstić information content (AvgIpc) is 3.07. The van der Waals surface area contributed by atoms with Crippen LogP contribution in [0.5, 0.6) is 0 Å². The number of hydrogen-bond donors (Lipinski definition) is 20. The zero-order valence-electron chi connectivity index (χ0n) is 31.2. The van der Waals surface area contributed by atoms with E-state index in [1.54, 1.807) is 0 Å². The van der Waals surface area contributed by atoms with Crippen molar-refractivity contribution in [2.45, 2.75) is 34.1 Å². The lowest BCUT2D eigenvalue weighted by Gasteiger charge is -2.54. The molecule has 0 amide bonds. The third-order valence-corrected chi connectivity index (χ3v) is 10.6. The predicted octanol–water partition coefficient (Wildman–Crippen LogP) is -14.5. The minimum absolute atomic E-state index is 0.0316. The lowest BCUT2D eigenvalue weighted by molar-refractivity contribution is 0.652. The lowest BCUT2D eigenvalue weighted by atomic mass is 9.42. The molecular formula is C9H47B18N24. The van der Waals surface area contributed by atoms with Crippen molar-refractivity contribution in [2.75, 3.05) is 28.2 Å². The van der Waals surface area contributed by atoms with E-state index in [9.17, 15) is 0 Å². The molecule has 7 fully saturated rings. The van der Waals surface area contributed by atoms with E-state index in [1.807, 2.05) is 21.6 Å². The number of nitrogens with zero attached hydrogens (tertiary/aromatic N) is 4. The summed E-state index contributed by atoms with van der Waals surface area (Å²) in [6.45, 7) is 11.0. The molecule has 24 nitrogen and oxygen atoms in total. The third kappa shape index (κ3) is 8.95. The minimum Gasteiger partial charge on any atom is -0.375 e. The van der Waals surface area contributed by atoms with Crippen LogP contribution in [0.25, 0.3) is 0 Å². The molecule has 20 N–H and O–H groups in total. The van der Waals surface area contributed by atoms with Gasteiger partial charge < -0.3 is 122 Å². The van der Waals surface area contributed by atoms with Crippen LogP contribution in [0, 0.1) is 0 Å². The summed E-state index contributed by atoms with van der Waals surface area (Å²) in [5.41, 5.74) is 0. The molecule has 7 rings (SSSR count). The van der Waals surface area contributed by atoms with Crippen molar-refractivity contribution >= 4 is 128 Å². The van der Waals surface area contributed by atoms with Crippen molar-refractivity contribution < 1.29 is 0 Å². The van der Waals surface area contributed by atoms with Gasteiger partial charge in [0.2, 0.25) is 0 Å². The minimum atomic E-state index is -0.355. The summed E-state index contributed by atoms with van der Waals surface area (Å²) in [7, 11) is 6.86. The SMILES string of the molecule is CNB1NB(C)NB(N2B3NB(C)NB(N3)N(B3NB(C)NB(C)N3)B3NB(NB(NB4N[B]NB(C)N4C)N3)NB3NB(NC)N(C)B2N3)N1. The van der Waals surface area contributed by atoms with E-state index >= 15 is 0 Å². The highest BCUT2D eigenvalue weighted by Gasteiger charge is 2.58. The average molecular weight is 686 g/mol. The first-order valence-electron chi connectivity index (χ1n) is 18.3. The second-order valence-electron chi connectivity index (χ2n) is 14.4. The Morgan fingerprint density at radius 2 is 1.02 bits per heavy atom. The molecular weight excluding hydrogens is 639 g/mol. The van der Waals surface area contributed by atoms with Gasteiger partial charge in [-0.15, -0.1) is 0 Å². The van der Waals surface area contributed by atoms with Crippen LogP contribution < -0.4 is 103 Å². The van der Waals surface area contributed by atoms with E-state index in [1.165, 1.54) is 0 Å². The maximum Gasteiger partial charge on any atom is 0.378 e. The van der Waals surface area contributed by atoms with E-state index in [2.05, 4.69) is 170 Å². The topological polar surface area (TPSA) is 254 Å². The molecule has 0 unspecified atom stereocenters. The largest absolute Gasteiger partial charge is 0.378 e. The van der Waals surface area contributed by atoms with Gasteiger partial charge in [0.25, 0.3) is 42.5 Å². The van der Waals surface area contributed by atoms with Crippen molar-refractivity contribution in [2.24, 2.45) is 0 Å². The number of nitrogens with one attached hydrogen (secondary N) is 20. The first-order valence-corrected chi connectivity index (χ1v) is 18.3. The van der Waals surface area contributed by atoms with Crippen molar-refractivity contribution in [3.8, 4) is 0 Å². The molecule has 0 saturated carbocycles. The zero-order chi connectivity index (χ0) is 36.0. The molecule has 7 saturated heterocycles. The van der Waals surface area contributed by atoms with Gasteiger partial charge in [0.15, 0.2) is 0 Å². The maximum atomic E-state index is 3.97. The van der Waals surface area contributed by atoms with Crippen LogP contribution in [0.4, 0.5) is 0 Å². The molecule has 0 atom stereocenters. The predicted molar refractivity (Wildman–Crippen MR) is 227 cm³/mol. The first-order chi connectivity index (χ1) is 24.5. The molecule has 1 radical (unpaired) electrons. The Bertz CT molecular complexity index is 1140. The Balaban J connectivity index is 1.27.